The minimum absolute atomic E-state index is 0.0532. The molecule has 4 nitrogen and oxygen atoms in total. The van der Waals surface area contributed by atoms with Crippen LogP contribution in [-0.2, 0) is 9.53 Å². The van der Waals surface area contributed by atoms with E-state index in [0.717, 1.165) is 5.56 Å². The number of halogens is 4. The minimum atomic E-state index is -4.64. The first kappa shape index (κ1) is 22.3. The Morgan fingerprint density at radius 3 is 2.33 bits per heavy atom. The van der Waals surface area contributed by atoms with Crippen LogP contribution < -0.4 is 5.32 Å². The van der Waals surface area contributed by atoms with Crippen LogP contribution in [0, 0.1) is 0 Å². The Kier molecular flexibility index (Phi) is 7.53. The number of allylic oxidation sites excluding steroid dienone is 1. The second-order valence-electron chi connectivity index (χ2n) is 6.88. The van der Waals surface area contributed by atoms with Crippen molar-refractivity contribution in [2.45, 2.75) is 12.2 Å². The molecule has 1 N–H and O–H groups in total. The Morgan fingerprint density at radius 2 is 1.73 bits per heavy atom. The largest absolute Gasteiger partial charge is 0.417 e. The van der Waals surface area contributed by atoms with E-state index in [-0.39, 0.29) is 18.2 Å². The maximum Gasteiger partial charge on any atom is 0.417 e. The van der Waals surface area contributed by atoms with Crippen LogP contribution in [0.25, 0.3) is 5.57 Å². The molecule has 3 rings (SSSR count). The van der Waals surface area contributed by atoms with Crippen LogP contribution in [0.1, 0.15) is 17.2 Å². The second-order valence-corrected chi connectivity index (χ2v) is 7.32. The Hall–Kier alpha value is -2.35. The molecule has 0 saturated carbocycles. The number of hydrogen-bond acceptors (Lipinski definition) is 3. The monoisotopic (exact) mass is 438 g/mol. The van der Waals surface area contributed by atoms with Crippen LogP contribution in [0.2, 0.25) is 5.02 Å². The van der Waals surface area contributed by atoms with Gasteiger partial charge in [0.25, 0.3) is 0 Å². The highest BCUT2D eigenvalue weighted by Gasteiger charge is 2.35. The van der Waals surface area contributed by atoms with Crippen molar-refractivity contribution < 1.29 is 22.7 Å². The standard InChI is InChI=1S/C22H22ClF3N2O2/c23-18-8-6-17(7-9-18)20(28-10-12-30-13-11-28)15-27-21(29)14-19(22(24,25)26)16-4-2-1-3-5-16/h1-9,14,20H,10-13,15H2,(H,27,29)/b19-14+. The van der Waals surface area contributed by atoms with Crippen molar-refractivity contribution in [3.05, 3.63) is 76.8 Å². The highest BCUT2D eigenvalue weighted by molar-refractivity contribution is 6.30. The smallest absolute Gasteiger partial charge is 0.379 e. The average Bonchev–Trinajstić information content (AvgIpc) is 2.74. The summed E-state index contributed by atoms with van der Waals surface area (Å²) in [7, 11) is 0. The highest BCUT2D eigenvalue weighted by Crippen LogP contribution is 2.33. The summed E-state index contributed by atoms with van der Waals surface area (Å²) in [6, 6.07) is 14.3. The lowest BCUT2D eigenvalue weighted by Gasteiger charge is -2.34. The predicted molar refractivity (Wildman–Crippen MR) is 110 cm³/mol. The van der Waals surface area contributed by atoms with Crippen LogP contribution in [0.3, 0.4) is 0 Å². The van der Waals surface area contributed by atoms with Crippen molar-refractivity contribution >= 4 is 23.1 Å². The molecule has 0 spiro atoms. The van der Waals surface area contributed by atoms with Crippen LogP contribution in [0.5, 0.6) is 0 Å². The van der Waals surface area contributed by atoms with E-state index in [2.05, 4.69) is 10.2 Å². The molecule has 0 bridgehead atoms. The molecule has 160 valence electrons. The quantitative estimate of drug-likeness (QED) is 0.676. The molecular weight excluding hydrogens is 417 g/mol. The molecule has 1 unspecified atom stereocenters. The number of ether oxygens (including phenoxy) is 1. The van der Waals surface area contributed by atoms with Gasteiger partial charge in [0, 0.05) is 30.7 Å². The molecule has 1 aliphatic rings. The number of nitrogens with zero attached hydrogens (tertiary/aromatic N) is 1. The average molecular weight is 439 g/mol. The summed E-state index contributed by atoms with van der Waals surface area (Å²) < 4.78 is 45.8. The Bertz CT molecular complexity index is 864. The molecule has 0 radical (unpaired) electrons. The predicted octanol–water partition coefficient (Wildman–Crippen LogP) is 4.48. The molecule has 1 saturated heterocycles. The maximum atomic E-state index is 13.5. The first-order valence-corrected chi connectivity index (χ1v) is 9.92. The lowest BCUT2D eigenvalue weighted by atomic mass is 10.0. The molecule has 1 amide bonds. The molecule has 2 aromatic carbocycles. The van der Waals surface area contributed by atoms with Gasteiger partial charge in [-0.05, 0) is 23.3 Å². The number of morpholine rings is 1. The molecule has 2 aromatic rings. The summed E-state index contributed by atoms with van der Waals surface area (Å²) >= 11 is 5.97. The summed E-state index contributed by atoms with van der Waals surface area (Å²) in [4.78, 5) is 14.5. The van der Waals surface area contributed by atoms with Gasteiger partial charge >= 0.3 is 6.18 Å². The normalized spacial score (nSPS) is 16.9. The molecular formula is C22H22ClF3N2O2. The van der Waals surface area contributed by atoms with Gasteiger partial charge in [-0.1, -0.05) is 54.1 Å². The van der Waals surface area contributed by atoms with E-state index in [1.807, 2.05) is 12.1 Å². The molecule has 8 heteroatoms. The summed E-state index contributed by atoms with van der Waals surface area (Å²) in [6.45, 7) is 2.61. The van der Waals surface area contributed by atoms with Gasteiger partial charge in [0.1, 0.15) is 0 Å². The van der Waals surface area contributed by atoms with Crippen LogP contribution in [-0.4, -0.2) is 49.8 Å². The van der Waals surface area contributed by atoms with Crippen molar-refractivity contribution in [2.75, 3.05) is 32.8 Å². The van der Waals surface area contributed by atoms with Crippen molar-refractivity contribution in [1.29, 1.82) is 0 Å². The minimum Gasteiger partial charge on any atom is -0.379 e. The van der Waals surface area contributed by atoms with Crippen molar-refractivity contribution in [2.24, 2.45) is 0 Å². The Balaban J connectivity index is 1.77. The van der Waals surface area contributed by atoms with E-state index in [1.165, 1.54) is 24.3 Å². The molecule has 0 aliphatic carbocycles. The van der Waals surface area contributed by atoms with Crippen LogP contribution >= 0.6 is 11.6 Å². The molecule has 30 heavy (non-hydrogen) atoms. The number of benzene rings is 2. The fourth-order valence-corrected chi connectivity index (χ4v) is 3.48. The molecule has 0 aromatic heterocycles. The number of hydrogen-bond donors (Lipinski definition) is 1. The third-order valence-electron chi connectivity index (χ3n) is 4.88. The molecule has 1 atom stereocenters. The van der Waals surface area contributed by atoms with Gasteiger partial charge in [-0.2, -0.15) is 13.2 Å². The zero-order valence-corrected chi connectivity index (χ0v) is 16.9. The third-order valence-corrected chi connectivity index (χ3v) is 5.13. The molecule has 1 fully saturated rings. The van der Waals surface area contributed by atoms with Crippen molar-refractivity contribution in [3.63, 3.8) is 0 Å². The van der Waals surface area contributed by atoms with Gasteiger partial charge in [-0.25, -0.2) is 0 Å². The van der Waals surface area contributed by atoms with E-state index in [1.54, 1.807) is 18.2 Å². The second kappa shape index (κ2) is 10.1. The van der Waals surface area contributed by atoms with Gasteiger partial charge in [0.2, 0.25) is 5.91 Å². The molecule has 1 aliphatic heterocycles. The van der Waals surface area contributed by atoms with E-state index in [9.17, 15) is 18.0 Å². The van der Waals surface area contributed by atoms with Gasteiger partial charge in [0.15, 0.2) is 0 Å². The highest BCUT2D eigenvalue weighted by atomic mass is 35.5. The zero-order valence-electron chi connectivity index (χ0n) is 16.2. The topological polar surface area (TPSA) is 41.6 Å². The third kappa shape index (κ3) is 6.08. The van der Waals surface area contributed by atoms with Crippen molar-refractivity contribution in [1.82, 2.24) is 10.2 Å². The van der Waals surface area contributed by atoms with Crippen LogP contribution in [0.4, 0.5) is 13.2 Å². The first-order valence-electron chi connectivity index (χ1n) is 9.54. The first-order chi connectivity index (χ1) is 14.3. The van der Waals surface area contributed by atoms with Gasteiger partial charge in [-0.3, -0.25) is 9.69 Å². The number of rotatable bonds is 6. The summed E-state index contributed by atoms with van der Waals surface area (Å²) in [5.41, 5.74) is -0.109. The summed E-state index contributed by atoms with van der Waals surface area (Å²) in [5, 5.41) is 3.22. The van der Waals surface area contributed by atoms with E-state index < -0.39 is 17.7 Å². The number of alkyl halides is 3. The van der Waals surface area contributed by atoms with Gasteiger partial charge in [-0.15, -0.1) is 0 Å². The summed E-state index contributed by atoms with van der Waals surface area (Å²) in [6.07, 6.45) is -4.02. The number of amides is 1. The van der Waals surface area contributed by atoms with Crippen molar-refractivity contribution in [3.8, 4) is 0 Å². The molecule has 1 heterocycles. The van der Waals surface area contributed by atoms with Gasteiger partial charge < -0.3 is 10.1 Å². The Labute approximate surface area is 178 Å². The Morgan fingerprint density at radius 1 is 1.10 bits per heavy atom. The lowest BCUT2D eigenvalue weighted by molar-refractivity contribution is -0.117. The number of carbonyl (C=O) groups is 1. The van der Waals surface area contributed by atoms with E-state index in [4.69, 9.17) is 16.3 Å². The van der Waals surface area contributed by atoms with Crippen LogP contribution in [0.15, 0.2) is 60.7 Å². The number of nitrogens with one attached hydrogen (secondary N) is 1. The SMILES string of the molecule is O=C(/C=C(\c1ccccc1)C(F)(F)F)NCC(c1ccc(Cl)cc1)N1CCOCC1. The summed E-state index contributed by atoms with van der Waals surface area (Å²) in [5.74, 6) is -0.793. The van der Waals surface area contributed by atoms with E-state index in [0.29, 0.717) is 37.4 Å². The van der Waals surface area contributed by atoms with E-state index >= 15 is 0 Å². The maximum absolute atomic E-state index is 13.5. The fourth-order valence-electron chi connectivity index (χ4n) is 3.36. The number of carbonyl (C=O) groups excluding carboxylic acids is 1. The van der Waals surface area contributed by atoms with Gasteiger partial charge in [0.05, 0.1) is 24.8 Å². The fraction of sp³-hybridized carbons (Fsp3) is 0.318. The zero-order chi connectivity index (χ0) is 21.6. The lowest BCUT2D eigenvalue weighted by Crippen LogP contribution is -2.43.